The van der Waals surface area contributed by atoms with E-state index in [9.17, 15) is 0 Å². The maximum Gasteiger partial charge on any atom is 0.409 e. The molecule has 22 heavy (non-hydrogen) atoms. The smallest absolute Gasteiger partial charge is 0.409 e. The van der Waals surface area contributed by atoms with Crippen LogP contribution in [0.1, 0.15) is 5.56 Å². The molecule has 0 saturated carbocycles. The van der Waals surface area contributed by atoms with E-state index in [1.54, 1.807) is 17.4 Å². The third kappa shape index (κ3) is 3.05. The number of hydrogen-bond acceptors (Lipinski definition) is 5. The highest BCUT2D eigenvalue weighted by atomic mass is 127. The fourth-order valence-corrected chi connectivity index (χ4v) is 3.06. The number of rotatable bonds is 2. The molecule has 1 aromatic heterocycles. The van der Waals surface area contributed by atoms with Crippen LogP contribution >= 0.6 is 11.3 Å². The van der Waals surface area contributed by atoms with Crippen molar-refractivity contribution >= 4 is 43.7 Å². The molecular weight excluding hydrogens is 409 g/mol. The fourth-order valence-electron chi connectivity index (χ4n) is 2.09. The monoisotopic (exact) mass is 425 g/mol. The Bertz CT molecular complexity index is 857. The van der Waals surface area contributed by atoms with E-state index >= 15 is 0 Å². The molecule has 2 aromatic carbocycles. The van der Waals surface area contributed by atoms with Crippen molar-refractivity contribution in [2.45, 2.75) is 6.92 Å². The molecule has 4 N–H and O–H groups in total. The number of nitrogens with zero attached hydrogens (tertiary/aromatic N) is 3. The first-order valence-electron chi connectivity index (χ1n) is 6.51. The Balaban J connectivity index is 0.00000176. The Kier molecular flexibility index (Phi) is 4.97. The molecule has 3 rings (SSSR count). The van der Waals surface area contributed by atoms with E-state index < -0.39 is 0 Å². The van der Waals surface area contributed by atoms with Crippen molar-refractivity contribution in [1.82, 2.24) is 0 Å². The van der Waals surface area contributed by atoms with Crippen LogP contribution in [0.2, 0.25) is 0 Å². The lowest BCUT2D eigenvalue weighted by molar-refractivity contribution is -0.627. The number of thiazole rings is 1. The molecule has 0 spiro atoms. The van der Waals surface area contributed by atoms with Crippen LogP contribution in [0.15, 0.2) is 46.6 Å². The number of benzene rings is 2. The van der Waals surface area contributed by atoms with E-state index in [0.717, 1.165) is 16.2 Å². The van der Waals surface area contributed by atoms with E-state index in [-0.39, 0.29) is 24.0 Å². The van der Waals surface area contributed by atoms with Gasteiger partial charge in [0.25, 0.3) is 0 Å². The van der Waals surface area contributed by atoms with Gasteiger partial charge in [0.15, 0.2) is 0 Å². The molecule has 0 atom stereocenters. The number of azo groups is 1. The number of nitrogen functional groups attached to an aromatic ring is 2. The van der Waals surface area contributed by atoms with Gasteiger partial charge in [-0.2, -0.15) is 0 Å². The van der Waals surface area contributed by atoms with Crippen molar-refractivity contribution in [2.75, 3.05) is 11.5 Å². The molecule has 0 aliphatic heterocycles. The Morgan fingerprint density at radius 1 is 1.05 bits per heavy atom. The molecule has 0 amide bonds. The zero-order valence-electron chi connectivity index (χ0n) is 12.2. The highest BCUT2D eigenvalue weighted by Crippen LogP contribution is 2.31. The molecule has 0 fully saturated rings. The summed E-state index contributed by atoms with van der Waals surface area (Å²) in [6, 6.07) is 11.7. The molecular formula is C15H16IN5S. The van der Waals surface area contributed by atoms with Gasteiger partial charge in [0, 0.05) is 5.69 Å². The van der Waals surface area contributed by atoms with Crippen LogP contribution in [0.5, 0.6) is 0 Å². The maximum absolute atomic E-state index is 5.93. The van der Waals surface area contributed by atoms with Crippen LogP contribution in [0, 0.1) is 6.92 Å². The van der Waals surface area contributed by atoms with Crippen LogP contribution in [-0.2, 0) is 7.05 Å². The summed E-state index contributed by atoms with van der Waals surface area (Å²) in [6.45, 7) is 1.92. The molecule has 0 bridgehead atoms. The number of fused-ring (bicyclic) bond motifs is 1. The number of nitrogens with two attached hydrogens (primary N) is 2. The van der Waals surface area contributed by atoms with E-state index in [0.29, 0.717) is 17.1 Å². The molecule has 5 nitrogen and oxygen atoms in total. The molecule has 0 aliphatic carbocycles. The quantitative estimate of drug-likeness (QED) is 0.273. The minimum Gasteiger partial charge on any atom is -1.00 e. The largest absolute Gasteiger partial charge is 1.00 e. The fraction of sp³-hybridized carbons (Fsp3) is 0.133. The molecule has 3 aromatic rings. The van der Waals surface area contributed by atoms with Gasteiger partial charge in [-0.05, 0) is 53.2 Å². The van der Waals surface area contributed by atoms with Crippen molar-refractivity contribution in [3.63, 3.8) is 0 Å². The molecule has 1 heterocycles. The van der Waals surface area contributed by atoms with Crippen molar-refractivity contribution in [1.29, 1.82) is 0 Å². The lowest BCUT2D eigenvalue weighted by atomic mass is 10.1. The summed E-state index contributed by atoms with van der Waals surface area (Å²) in [5.41, 5.74) is 15.7. The summed E-state index contributed by atoms with van der Waals surface area (Å²) in [7, 11) is 1.98. The molecule has 0 radical (unpaired) electrons. The highest BCUT2D eigenvalue weighted by molar-refractivity contribution is 7.21. The van der Waals surface area contributed by atoms with E-state index in [1.807, 2.05) is 36.7 Å². The minimum atomic E-state index is 0. The number of anilines is 2. The normalized spacial score (nSPS) is 11.0. The highest BCUT2D eigenvalue weighted by Gasteiger charge is 2.15. The first-order valence-corrected chi connectivity index (χ1v) is 7.33. The number of aryl methyl sites for hydroxylation is 2. The van der Waals surface area contributed by atoms with E-state index in [1.165, 1.54) is 4.70 Å². The Hall–Kier alpha value is -1.74. The second kappa shape index (κ2) is 6.57. The Morgan fingerprint density at radius 3 is 2.50 bits per heavy atom. The van der Waals surface area contributed by atoms with Crippen LogP contribution in [-0.4, -0.2) is 0 Å². The summed E-state index contributed by atoms with van der Waals surface area (Å²) < 4.78 is 3.19. The predicted molar refractivity (Wildman–Crippen MR) is 87.2 cm³/mol. The Labute approximate surface area is 149 Å². The average Bonchev–Trinajstić information content (AvgIpc) is 2.79. The maximum atomic E-state index is 5.93. The standard InChI is InChI=1S/C15H15N5S.HI/c1-9-7-12(11(17)8-10(9)16)18-19-15-20(2)13-5-3-4-6-14(13)21-15;/h3-8H,1-2H3,(H3,16,17);1H. The van der Waals surface area contributed by atoms with Crippen LogP contribution in [0.4, 0.5) is 22.2 Å². The van der Waals surface area contributed by atoms with E-state index in [2.05, 4.69) is 22.4 Å². The summed E-state index contributed by atoms with van der Waals surface area (Å²) in [5.74, 6) is 0. The first-order chi connectivity index (χ1) is 10.1. The van der Waals surface area contributed by atoms with Crippen molar-refractivity contribution < 1.29 is 28.5 Å². The van der Waals surface area contributed by atoms with Gasteiger partial charge < -0.3 is 35.4 Å². The summed E-state index contributed by atoms with van der Waals surface area (Å²) in [5, 5.41) is 9.42. The number of hydrogen-bond donors (Lipinski definition) is 2. The third-order valence-corrected chi connectivity index (χ3v) is 4.48. The van der Waals surface area contributed by atoms with Crippen LogP contribution in [0.3, 0.4) is 0 Å². The summed E-state index contributed by atoms with van der Waals surface area (Å²) in [4.78, 5) is 0. The lowest BCUT2D eigenvalue weighted by Crippen LogP contribution is -3.00. The van der Waals surface area contributed by atoms with Gasteiger partial charge >= 0.3 is 5.13 Å². The molecule has 7 heteroatoms. The van der Waals surface area contributed by atoms with Gasteiger partial charge in [0.05, 0.1) is 22.5 Å². The topological polar surface area (TPSA) is 80.6 Å². The van der Waals surface area contributed by atoms with Crippen molar-refractivity contribution in [3.8, 4) is 0 Å². The van der Waals surface area contributed by atoms with Gasteiger partial charge in [-0.1, -0.05) is 12.1 Å². The predicted octanol–water partition coefficient (Wildman–Crippen LogP) is 0.618. The zero-order valence-corrected chi connectivity index (χ0v) is 15.2. The van der Waals surface area contributed by atoms with Gasteiger partial charge in [-0.3, -0.25) is 0 Å². The number of halogens is 1. The number of para-hydroxylation sites is 1. The number of aromatic nitrogens is 1. The van der Waals surface area contributed by atoms with Gasteiger partial charge in [0.1, 0.15) is 11.2 Å². The van der Waals surface area contributed by atoms with Crippen LogP contribution in [0.25, 0.3) is 10.2 Å². The Morgan fingerprint density at radius 2 is 1.77 bits per heavy atom. The molecule has 0 unspecified atom stereocenters. The SMILES string of the molecule is Cc1cc(N=Nc2sc3ccccc3[n+]2C)c(N)cc1N.[I-]. The van der Waals surface area contributed by atoms with Gasteiger partial charge in [0.2, 0.25) is 0 Å². The summed E-state index contributed by atoms with van der Waals surface area (Å²) in [6.07, 6.45) is 0. The van der Waals surface area contributed by atoms with Crippen molar-refractivity contribution in [2.24, 2.45) is 17.3 Å². The van der Waals surface area contributed by atoms with E-state index in [4.69, 9.17) is 11.5 Å². The second-order valence-corrected chi connectivity index (χ2v) is 5.89. The first kappa shape index (κ1) is 16.6. The van der Waals surface area contributed by atoms with Gasteiger partial charge in [-0.25, -0.2) is 4.57 Å². The van der Waals surface area contributed by atoms with Crippen LogP contribution < -0.4 is 40.0 Å². The molecule has 0 saturated heterocycles. The summed E-state index contributed by atoms with van der Waals surface area (Å²) >= 11 is 1.59. The molecule has 114 valence electrons. The minimum absolute atomic E-state index is 0. The van der Waals surface area contributed by atoms with Gasteiger partial charge in [-0.15, -0.1) is 0 Å². The molecule has 0 aliphatic rings. The second-order valence-electron chi connectivity index (χ2n) is 4.88. The third-order valence-electron chi connectivity index (χ3n) is 3.37. The average molecular weight is 425 g/mol. The van der Waals surface area contributed by atoms with Crippen molar-refractivity contribution in [3.05, 3.63) is 42.0 Å². The zero-order chi connectivity index (χ0) is 15.0. The lowest BCUT2D eigenvalue weighted by Gasteiger charge is -2.02.